The molecular formula is C31H37N3O5. The Morgan fingerprint density at radius 3 is 2.67 bits per heavy atom. The number of allylic oxidation sites excluding steroid dienone is 4. The molecule has 0 radical (unpaired) electrons. The highest BCUT2D eigenvalue weighted by Crippen LogP contribution is 2.45. The van der Waals surface area contributed by atoms with Gasteiger partial charge in [-0.05, 0) is 77.0 Å². The van der Waals surface area contributed by atoms with Gasteiger partial charge in [0.15, 0.2) is 11.5 Å². The van der Waals surface area contributed by atoms with Gasteiger partial charge in [0, 0.05) is 18.5 Å². The van der Waals surface area contributed by atoms with E-state index in [-0.39, 0.29) is 36.1 Å². The van der Waals surface area contributed by atoms with E-state index in [2.05, 4.69) is 35.3 Å². The van der Waals surface area contributed by atoms with Crippen LogP contribution in [0.15, 0.2) is 52.4 Å². The van der Waals surface area contributed by atoms with Gasteiger partial charge in [-0.25, -0.2) is 0 Å². The Labute approximate surface area is 229 Å². The number of hydrogen-bond donors (Lipinski definition) is 1. The van der Waals surface area contributed by atoms with E-state index in [1.165, 1.54) is 22.3 Å². The molecule has 8 heteroatoms. The van der Waals surface area contributed by atoms with E-state index in [0.717, 1.165) is 25.7 Å². The molecule has 206 valence electrons. The third-order valence-corrected chi connectivity index (χ3v) is 8.07. The van der Waals surface area contributed by atoms with E-state index < -0.39 is 28.6 Å². The fourth-order valence-corrected chi connectivity index (χ4v) is 5.99. The van der Waals surface area contributed by atoms with Crippen molar-refractivity contribution in [3.05, 3.63) is 80.6 Å². The summed E-state index contributed by atoms with van der Waals surface area (Å²) in [6.07, 6.45) is 8.11. The van der Waals surface area contributed by atoms with Gasteiger partial charge >= 0.3 is 11.5 Å². The number of hydrogen-bond acceptors (Lipinski definition) is 6. The minimum atomic E-state index is -0.901. The summed E-state index contributed by atoms with van der Waals surface area (Å²) in [4.78, 5) is 45.0. The molecule has 0 saturated carbocycles. The zero-order valence-electron chi connectivity index (χ0n) is 23.4. The van der Waals surface area contributed by atoms with Crippen molar-refractivity contribution in [2.24, 2.45) is 5.41 Å². The molecule has 2 unspecified atom stereocenters. The van der Waals surface area contributed by atoms with Crippen LogP contribution in [0.5, 0.6) is 5.75 Å². The van der Waals surface area contributed by atoms with Crippen molar-refractivity contribution in [3.8, 4) is 5.75 Å². The number of aromatic hydroxyl groups is 1. The third kappa shape index (κ3) is 4.92. The highest BCUT2D eigenvalue weighted by Gasteiger charge is 2.42. The molecular weight excluding hydrogens is 494 g/mol. The Morgan fingerprint density at radius 2 is 1.95 bits per heavy atom. The minimum Gasteiger partial charge on any atom is -0.501 e. The van der Waals surface area contributed by atoms with Crippen LogP contribution in [0.3, 0.4) is 0 Å². The summed E-state index contributed by atoms with van der Waals surface area (Å²) < 4.78 is 7.28. The minimum absolute atomic E-state index is 0.0645. The molecule has 0 spiro atoms. The monoisotopic (exact) mass is 531 g/mol. The number of amides is 1. The number of fused-ring (bicyclic) bond motifs is 2. The Balaban J connectivity index is 1.70. The number of esters is 1. The van der Waals surface area contributed by atoms with E-state index in [4.69, 9.17) is 4.74 Å². The van der Waals surface area contributed by atoms with Crippen LogP contribution in [0, 0.1) is 5.41 Å². The van der Waals surface area contributed by atoms with Crippen LogP contribution in [-0.4, -0.2) is 44.0 Å². The topological polar surface area (TPSA) is 102 Å². The highest BCUT2D eigenvalue weighted by molar-refractivity contribution is 5.96. The van der Waals surface area contributed by atoms with Gasteiger partial charge in [-0.1, -0.05) is 42.0 Å². The maximum Gasteiger partial charge on any atom is 0.316 e. The lowest BCUT2D eigenvalue weighted by Gasteiger charge is -2.42. The number of rotatable bonds is 4. The molecule has 3 aliphatic rings. The number of nitrogens with zero attached hydrogens (tertiary/aromatic N) is 3. The predicted octanol–water partition coefficient (Wildman–Crippen LogP) is 4.82. The van der Waals surface area contributed by atoms with Crippen molar-refractivity contribution < 1.29 is 19.4 Å². The lowest BCUT2D eigenvalue weighted by molar-refractivity contribution is -0.154. The van der Waals surface area contributed by atoms with Crippen molar-refractivity contribution in [1.29, 1.82) is 0 Å². The normalized spacial score (nSPS) is 20.9. The summed E-state index contributed by atoms with van der Waals surface area (Å²) in [5.41, 5.74) is 3.43. The van der Waals surface area contributed by atoms with Crippen molar-refractivity contribution >= 4 is 11.9 Å². The van der Waals surface area contributed by atoms with E-state index in [1.54, 1.807) is 30.2 Å². The van der Waals surface area contributed by atoms with Crippen molar-refractivity contribution in [2.75, 3.05) is 6.54 Å². The zero-order chi connectivity index (χ0) is 28.1. The van der Waals surface area contributed by atoms with Gasteiger partial charge in [-0.15, -0.1) is 0 Å². The summed E-state index contributed by atoms with van der Waals surface area (Å²) in [7, 11) is 0. The van der Waals surface area contributed by atoms with Crippen LogP contribution in [0.2, 0.25) is 0 Å². The fraction of sp³-hybridized carbons (Fsp3) is 0.484. The Bertz CT molecular complexity index is 1440. The predicted molar refractivity (Wildman–Crippen MR) is 148 cm³/mol. The van der Waals surface area contributed by atoms with Crippen LogP contribution >= 0.6 is 0 Å². The summed E-state index contributed by atoms with van der Waals surface area (Å²) in [6, 6.07) is 7.91. The molecule has 2 atom stereocenters. The second-order valence-corrected chi connectivity index (χ2v) is 12.1. The van der Waals surface area contributed by atoms with Gasteiger partial charge in [0.2, 0.25) is 5.75 Å². The largest absolute Gasteiger partial charge is 0.501 e. The average Bonchev–Trinajstić information content (AvgIpc) is 3.05. The second-order valence-electron chi connectivity index (χ2n) is 12.1. The van der Waals surface area contributed by atoms with Crippen molar-refractivity contribution in [3.63, 3.8) is 0 Å². The highest BCUT2D eigenvalue weighted by atomic mass is 16.5. The summed E-state index contributed by atoms with van der Waals surface area (Å²) in [5, 5.41) is 10.9. The fourth-order valence-electron chi connectivity index (χ4n) is 5.99. The summed E-state index contributed by atoms with van der Waals surface area (Å²) in [5.74, 6) is -1.43. The van der Waals surface area contributed by atoms with Gasteiger partial charge in [-0.2, -0.15) is 4.98 Å². The van der Waals surface area contributed by atoms with Gasteiger partial charge in [0.1, 0.15) is 6.61 Å². The van der Waals surface area contributed by atoms with Crippen LogP contribution in [-0.2, 0) is 22.6 Å². The van der Waals surface area contributed by atoms with Crippen molar-refractivity contribution in [1.82, 2.24) is 14.5 Å². The van der Waals surface area contributed by atoms with Crippen LogP contribution in [0.25, 0.3) is 0 Å². The molecule has 1 aromatic heterocycles. The Morgan fingerprint density at radius 1 is 1.21 bits per heavy atom. The first-order valence-corrected chi connectivity index (χ1v) is 13.7. The molecule has 1 aromatic carbocycles. The third-order valence-electron chi connectivity index (χ3n) is 8.07. The van der Waals surface area contributed by atoms with E-state index in [0.29, 0.717) is 6.54 Å². The smallest absolute Gasteiger partial charge is 0.316 e. The quantitative estimate of drug-likeness (QED) is 0.568. The van der Waals surface area contributed by atoms with E-state index in [1.807, 2.05) is 19.9 Å². The van der Waals surface area contributed by atoms with E-state index in [9.17, 15) is 19.5 Å². The number of carbonyl (C=O) groups excluding carboxylic acids is 2. The van der Waals surface area contributed by atoms with Crippen molar-refractivity contribution in [2.45, 2.75) is 84.9 Å². The molecule has 0 bridgehead atoms. The number of carbonyl (C=O) groups is 2. The molecule has 2 aliphatic carbocycles. The van der Waals surface area contributed by atoms with Gasteiger partial charge in [0.25, 0.3) is 5.91 Å². The maximum absolute atomic E-state index is 13.7. The Hall–Kier alpha value is -3.68. The van der Waals surface area contributed by atoms with Crippen LogP contribution in [0.4, 0.5) is 0 Å². The number of benzene rings is 1. The standard InChI is InChI=1S/C31H37N3O5/c1-18(2)33-16-24(23-15-20-11-7-6-10-19(20)14-21-12-8-9-13-22(21)23)34-25(17-39-30(38)31(3,4)5)32-28(36)27(35)26(34)29(33)37/h7-9,11-13,18,23-24,35H,6,10,14-17H2,1-5H3. The van der Waals surface area contributed by atoms with Gasteiger partial charge in [0.05, 0.1) is 11.5 Å². The van der Waals surface area contributed by atoms with Gasteiger partial charge in [-0.3, -0.25) is 14.4 Å². The molecule has 0 fully saturated rings. The number of aromatic nitrogens is 2. The molecule has 5 rings (SSSR count). The lowest BCUT2D eigenvalue weighted by atomic mass is 9.82. The molecule has 2 heterocycles. The zero-order valence-corrected chi connectivity index (χ0v) is 23.4. The maximum atomic E-state index is 13.7. The first-order chi connectivity index (χ1) is 18.5. The first-order valence-electron chi connectivity index (χ1n) is 13.7. The van der Waals surface area contributed by atoms with Gasteiger partial charge < -0.3 is 19.3 Å². The summed E-state index contributed by atoms with van der Waals surface area (Å²) in [6.45, 7) is 9.21. The SMILES string of the molecule is CC(C)N1CC(C2CC3=C(CCC=C3)Cc3ccccc32)n2c(COC(=O)C(C)(C)C)nc(=O)c(O)c2C1=O. The molecule has 1 aliphatic heterocycles. The second kappa shape index (κ2) is 10.1. The van der Waals surface area contributed by atoms with Crippen LogP contribution in [0.1, 0.15) is 93.3 Å². The van der Waals surface area contributed by atoms with Crippen LogP contribution < -0.4 is 5.56 Å². The Kier molecular flexibility index (Phi) is 6.99. The lowest BCUT2D eigenvalue weighted by Crippen LogP contribution is -2.50. The molecule has 1 N–H and O–H groups in total. The molecule has 8 nitrogen and oxygen atoms in total. The van der Waals surface area contributed by atoms with E-state index >= 15 is 0 Å². The molecule has 0 saturated heterocycles. The summed E-state index contributed by atoms with van der Waals surface area (Å²) >= 11 is 0. The molecule has 2 aromatic rings. The average molecular weight is 532 g/mol. The first kappa shape index (κ1) is 26.9. The molecule has 39 heavy (non-hydrogen) atoms. The molecule has 1 amide bonds. The number of ether oxygens (including phenoxy) is 1.